The number of nitro groups is 1. The summed E-state index contributed by atoms with van der Waals surface area (Å²) in [6, 6.07) is 4.81. The summed E-state index contributed by atoms with van der Waals surface area (Å²) in [5, 5.41) is 10.8. The number of nitrogens with zero attached hydrogens (tertiary/aromatic N) is 1. The highest BCUT2D eigenvalue weighted by Crippen LogP contribution is 2.21. The van der Waals surface area contributed by atoms with Crippen LogP contribution in [0.2, 0.25) is 0 Å². The van der Waals surface area contributed by atoms with Gasteiger partial charge in [-0.3, -0.25) is 10.1 Å². The van der Waals surface area contributed by atoms with E-state index in [1.807, 2.05) is 0 Å². The highest BCUT2D eigenvalue weighted by atomic mass is 16.6. The molecule has 0 aromatic heterocycles. The van der Waals surface area contributed by atoms with Gasteiger partial charge in [-0.1, -0.05) is 6.07 Å². The maximum Gasteiger partial charge on any atom is 0.330 e. The van der Waals surface area contributed by atoms with Gasteiger partial charge in [0.1, 0.15) is 0 Å². The van der Waals surface area contributed by atoms with Crippen molar-refractivity contribution in [2.24, 2.45) is 0 Å². The summed E-state index contributed by atoms with van der Waals surface area (Å²) in [6.07, 6.45) is 2.57. The molecule has 0 spiro atoms. The van der Waals surface area contributed by atoms with E-state index >= 15 is 0 Å². The molecule has 17 heavy (non-hydrogen) atoms. The van der Waals surface area contributed by atoms with Gasteiger partial charge in [0.2, 0.25) is 0 Å². The maximum atomic E-state index is 11.1. The Morgan fingerprint density at radius 1 is 1.53 bits per heavy atom. The van der Waals surface area contributed by atoms with Gasteiger partial charge in [0.15, 0.2) is 0 Å². The van der Waals surface area contributed by atoms with E-state index in [2.05, 4.69) is 0 Å². The fraction of sp³-hybridized carbons (Fsp3) is 0.250. The third-order valence-corrected chi connectivity index (χ3v) is 2.07. The van der Waals surface area contributed by atoms with Gasteiger partial charge in [-0.25, -0.2) is 4.79 Å². The number of hydrogen-bond acceptors (Lipinski definition) is 4. The van der Waals surface area contributed by atoms with Crippen LogP contribution in [0.4, 0.5) is 5.69 Å². The summed E-state index contributed by atoms with van der Waals surface area (Å²) in [5.41, 5.74) is 1.16. The van der Waals surface area contributed by atoms with Gasteiger partial charge in [-0.2, -0.15) is 0 Å². The first kappa shape index (κ1) is 12.9. The Morgan fingerprint density at radius 3 is 2.82 bits per heavy atom. The molecule has 0 saturated carbocycles. The minimum Gasteiger partial charge on any atom is -0.463 e. The zero-order valence-electron chi connectivity index (χ0n) is 9.67. The smallest absolute Gasteiger partial charge is 0.330 e. The Kier molecular flexibility index (Phi) is 4.39. The molecule has 0 fully saturated rings. The summed E-state index contributed by atoms with van der Waals surface area (Å²) in [4.78, 5) is 21.4. The fourth-order valence-electron chi connectivity index (χ4n) is 1.30. The molecule has 5 nitrogen and oxygen atoms in total. The molecule has 1 rings (SSSR count). The lowest BCUT2D eigenvalue weighted by Gasteiger charge is -1.99. The average Bonchev–Trinajstić information content (AvgIpc) is 2.27. The summed E-state index contributed by atoms with van der Waals surface area (Å²) < 4.78 is 4.69. The highest BCUT2D eigenvalue weighted by Gasteiger charge is 2.11. The Labute approximate surface area is 98.9 Å². The van der Waals surface area contributed by atoms with Crippen LogP contribution in [0.5, 0.6) is 0 Å². The minimum atomic E-state index is -0.512. The molecule has 0 heterocycles. The first-order chi connectivity index (χ1) is 8.04. The number of benzene rings is 1. The standard InChI is InChI=1S/C12H13NO4/c1-3-17-12(14)7-6-10-5-4-9(2)8-11(10)13(15)16/h4-8H,3H2,1-2H3. The van der Waals surface area contributed by atoms with Crippen molar-refractivity contribution in [1.29, 1.82) is 0 Å². The van der Waals surface area contributed by atoms with Crippen LogP contribution in [0.25, 0.3) is 6.08 Å². The van der Waals surface area contributed by atoms with Crippen LogP contribution >= 0.6 is 0 Å². The molecule has 0 unspecified atom stereocenters. The van der Waals surface area contributed by atoms with E-state index in [1.54, 1.807) is 26.0 Å². The average molecular weight is 235 g/mol. The number of carbonyl (C=O) groups is 1. The predicted octanol–water partition coefficient (Wildman–Crippen LogP) is 2.48. The molecule has 0 bridgehead atoms. The van der Waals surface area contributed by atoms with Crippen molar-refractivity contribution in [3.8, 4) is 0 Å². The van der Waals surface area contributed by atoms with Crippen molar-refractivity contribution < 1.29 is 14.5 Å². The van der Waals surface area contributed by atoms with Crippen molar-refractivity contribution in [1.82, 2.24) is 0 Å². The van der Waals surface area contributed by atoms with Crippen molar-refractivity contribution >= 4 is 17.7 Å². The Hall–Kier alpha value is -2.17. The molecule has 1 aromatic rings. The molecule has 1 aromatic carbocycles. The van der Waals surface area contributed by atoms with E-state index in [9.17, 15) is 14.9 Å². The molecule has 5 heteroatoms. The monoisotopic (exact) mass is 235 g/mol. The van der Waals surface area contributed by atoms with E-state index in [-0.39, 0.29) is 12.3 Å². The SMILES string of the molecule is CCOC(=O)C=Cc1ccc(C)cc1[N+](=O)[O-]. The number of hydrogen-bond donors (Lipinski definition) is 0. The summed E-state index contributed by atoms with van der Waals surface area (Å²) >= 11 is 0. The van der Waals surface area contributed by atoms with Crippen molar-refractivity contribution in [2.75, 3.05) is 6.61 Å². The van der Waals surface area contributed by atoms with E-state index < -0.39 is 10.9 Å². The number of carbonyl (C=O) groups excluding carboxylic acids is 1. The van der Waals surface area contributed by atoms with E-state index in [0.29, 0.717) is 5.56 Å². The van der Waals surface area contributed by atoms with E-state index in [0.717, 1.165) is 5.56 Å². The quantitative estimate of drug-likeness (QED) is 0.348. The van der Waals surface area contributed by atoms with E-state index in [1.165, 1.54) is 18.2 Å². The van der Waals surface area contributed by atoms with Crippen LogP contribution in [0.1, 0.15) is 18.1 Å². The molecule has 0 aliphatic rings. The molecule has 0 N–H and O–H groups in total. The lowest BCUT2D eigenvalue weighted by Crippen LogP contribution is -1.99. The summed E-state index contributed by atoms with van der Waals surface area (Å²) in [5.74, 6) is -0.512. The van der Waals surface area contributed by atoms with Crippen LogP contribution in [0.3, 0.4) is 0 Å². The van der Waals surface area contributed by atoms with Crippen LogP contribution in [0, 0.1) is 17.0 Å². The van der Waals surface area contributed by atoms with Crippen molar-refractivity contribution in [3.63, 3.8) is 0 Å². The molecular formula is C12H13NO4. The number of nitro benzene ring substituents is 1. The van der Waals surface area contributed by atoms with Gasteiger partial charge in [0.05, 0.1) is 17.1 Å². The number of ether oxygens (including phenoxy) is 1. The molecule has 0 radical (unpaired) electrons. The topological polar surface area (TPSA) is 69.4 Å². The van der Waals surface area contributed by atoms with Gasteiger partial charge < -0.3 is 4.74 Å². The van der Waals surface area contributed by atoms with Crippen LogP contribution < -0.4 is 0 Å². The van der Waals surface area contributed by atoms with Crippen LogP contribution in [0.15, 0.2) is 24.3 Å². The second kappa shape index (κ2) is 5.79. The Bertz CT molecular complexity index is 466. The fourth-order valence-corrected chi connectivity index (χ4v) is 1.30. The maximum absolute atomic E-state index is 11.1. The molecule has 0 saturated heterocycles. The lowest BCUT2D eigenvalue weighted by molar-refractivity contribution is -0.385. The first-order valence-corrected chi connectivity index (χ1v) is 5.14. The van der Waals surface area contributed by atoms with Crippen LogP contribution in [-0.2, 0) is 9.53 Å². The number of aryl methyl sites for hydroxylation is 1. The molecule has 0 atom stereocenters. The van der Waals surface area contributed by atoms with E-state index in [4.69, 9.17) is 4.74 Å². The third-order valence-electron chi connectivity index (χ3n) is 2.07. The van der Waals surface area contributed by atoms with Gasteiger partial charge in [-0.05, 0) is 31.6 Å². The Balaban J connectivity index is 2.98. The Morgan fingerprint density at radius 2 is 2.24 bits per heavy atom. The zero-order valence-corrected chi connectivity index (χ0v) is 9.67. The predicted molar refractivity (Wildman–Crippen MR) is 63.5 cm³/mol. The summed E-state index contributed by atoms with van der Waals surface area (Å²) in [7, 11) is 0. The second-order valence-electron chi connectivity index (χ2n) is 3.40. The molecule has 0 aliphatic carbocycles. The van der Waals surface area contributed by atoms with Gasteiger partial charge in [0, 0.05) is 12.1 Å². The molecular weight excluding hydrogens is 222 g/mol. The van der Waals surface area contributed by atoms with Crippen LogP contribution in [-0.4, -0.2) is 17.5 Å². The van der Waals surface area contributed by atoms with Gasteiger partial charge in [0.25, 0.3) is 5.69 Å². The summed E-state index contributed by atoms with van der Waals surface area (Å²) in [6.45, 7) is 3.74. The third kappa shape index (κ3) is 3.71. The van der Waals surface area contributed by atoms with Crippen molar-refractivity contribution in [2.45, 2.75) is 13.8 Å². The lowest BCUT2D eigenvalue weighted by atomic mass is 10.1. The molecule has 90 valence electrons. The minimum absolute atomic E-state index is 0.0226. The molecule has 0 amide bonds. The van der Waals surface area contributed by atoms with Crippen molar-refractivity contribution in [3.05, 3.63) is 45.5 Å². The largest absolute Gasteiger partial charge is 0.463 e. The molecule has 0 aliphatic heterocycles. The number of rotatable bonds is 4. The normalized spacial score (nSPS) is 10.5. The van der Waals surface area contributed by atoms with Gasteiger partial charge >= 0.3 is 5.97 Å². The number of esters is 1. The van der Waals surface area contributed by atoms with Gasteiger partial charge in [-0.15, -0.1) is 0 Å². The zero-order chi connectivity index (χ0) is 12.8. The second-order valence-corrected chi connectivity index (χ2v) is 3.40. The first-order valence-electron chi connectivity index (χ1n) is 5.14. The highest BCUT2D eigenvalue weighted by molar-refractivity contribution is 5.87.